The first-order valence-corrected chi connectivity index (χ1v) is 6.43. The number of rotatable bonds is 4. The van der Waals surface area contributed by atoms with Crippen LogP contribution in [-0.4, -0.2) is 39.4 Å². The maximum Gasteiger partial charge on any atom is 0.161 e. The van der Waals surface area contributed by atoms with E-state index < -0.39 is 11.7 Å². The van der Waals surface area contributed by atoms with E-state index in [-0.39, 0.29) is 17.8 Å². The third kappa shape index (κ3) is 3.40. The molecule has 0 spiro atoms. The van der Waals surface area contributed by atoms with Crippen molar-refractivity contribution < 1.29 is 20.1 Å². The van der Waals surface area contributed by atoms with E-state index in [0.29, 0.717) is 19.3 Å². The van der Waals surface area contributed by atoms with E-state index in [9.17, 15) is 15.0 Å². The molecular weight excluding hydrogens is 232 g/mol. The second kappa shape index (κ2) is 5.51. The number of ketones is 1. The van der Waals surface area contributed by atoms with Crippen LogP contribution in [0.4, 0.5) is 0 Å². The monoisotopic (exact) mass is 256 g/mol. The first-order chi connectivity index (χ1) is 8.21. The van der Waals surface area contributed by atoms with Crippen LogP contribution in [0, 0.1) is 5.41 Å². The molecule has 0 bridgehead atoms. The zero-order valence-electron chi connectivity index (χ0n) is 11.4. The molecule has 1 fully saturated rings. The van der Waals surface area contributed by atoms with Gasteiger partial charge in [-0.2, -0.15) is 0 Å². The van der Waals surface area contributed by atoms with Gasteiger partial charge in [0.2, 0.25) is 0 Å². The smallest absolute Gasteiger partial charge is 0.161 e. The Hall–Kier alpha value is -0.710. The summed E-state index contributed by atoms with van der Waals surface area (Å²) in [5.74, 6) is -0.202. The Morgan fingerprint density at radius 2 is 2.06 bits per heavy atom. The van der Waals surface area contributed by atoms with Crippen molar-refractivity contribution in [3.8, 4) is 0 Å². The van der Waals surface area contributed by atoms with Crippen LogP contribution in [0.15, 0.2) is 11.6 Å². The quantitative estimate of drug-likeness (QED) is 0.660. The van der Waals surface area contributed by atoms with Gasteiger partial charge in [-0.15, -0.1) is 0 Å². The lowest BCUT2D eigenvalue weighted by molar-refractivity contribution is -0.138. The van der Waals surface area contributed by atoms with Crippen molar-refractivity contribution in [1.29, 1.82) is 0 Å². The molecule has 0 amide bonds. The molecule has 1 saturated carbocycles. The maximum atomic E-state index is 11.5. The van der Waals surface area contributed by atoms with Gasteiger partial charge in [0, 0.05) is 6.42 Å². The summed E-state index contributed by atoms with van der Waals surface area (Å²) in [5, 5.41) is 28.4. The van der Waals surface area contributed by atoms with Crippen molar-refractivity contribution in [2.45, 2.75) is 58.2 Å². The molecule has 1 aliphatic carbocycles. The van der Waals surface area contributed by atoms with Gasteiger partial charge in [-0.3, -0.25) is 4.79 Å². The number of Topliss-reactive ketones (excluding diaryl/α,β-unsaturated/α-hetero) is 1. The molecule has 4 nitrogen and oxygen atoms in total. The number of hydrogen-bond acceptors (Lipinski definition) is 4. The zero-order chi connectivity index (χ0) is 14.0. The van der Waals surface area contributed by atoms with Crippen LogP contribution < -0.4 is 0 Å². The Morgan fingerprint density at radius 1 is 1.44 bits per heavy atom. The highest BCUT2D eigenvalue weighted by Crippen LogP contribution is 2.44. The molecule has 0 unspecified atom stereocenters. The predicted molar refractivity (Wildman–Crippen MR) is 69.1 cm³/mol. The SMILES string of the molecule is CC(=O)[C@@]1(O)CCC(C)(C)/C(=C/C[C@@H](O)CO)C1. The summed E-state index contributed by atoms with van der Waals surface area (Å²) >= 11 is 0. The van der Waals surface area contributed by atoms with Gasteiger partial charge in [-0.1, -0.05) is 25.5 Å². The molecular formula is C14H24O4. The standard InChI is InChI=1S/C14H24O4/c1-10(16)14(18)7-6-13(2,3)11(8-14)4-5-12(17)9-15/h4,12,15,17-18H,5-9H2,1-3H3/b11-4+/t12-,14-/m1/s1. The Labute approximate surface area is 108 Å². The van der Waals surface area contributed by atoms with E-state index in [1.165, 1.54) is 6.92 Å². The second-order valence-corrected chi connectivity index (χ2v) is 5.95. The highest BCUT2D eigenvalue weighted by molar-refractivity contribution is 5.85. The lowest BCUT2D eigenvalue weighted by Gasteiger charge is -2.41. The molecule has 1 aliphatic rings. The molecule has 2 atom stereocenters. The predicted octanol–water partition coefficient (Wildman–Crippen LogP) is 1.19. The van der Waals surface area contributed by atoms with Gasteiger partial charge < -0.3 is 15.3 Å². The molecule has 0 saturated heterocycles. The molecule has 0 heterocycles. The fraction of sp³-hybridized carbons (Fsp3) is 0.786. The van der Waals surface area contributed by atoms with Gasteiger partial charge in [0.25, 0.3) is 0 Å². The average molecular weight is 256 g/mol. The minimum absolute atomic E-state index is 0.0726. The first kappa shape index (κ1) is 15.3. The van der Waals surface area contributed by atoms with Crippen molar-refractivity contribution in [1.82, 2.24) is 0 Å². The molecule has 0 aromatic heterocycles. The van der Waals surface area contributed by atoms with E-state index in [4.69, 9.17) is 5.11 Å². The van der Waals surface area contributed by atoms with Gasteiger partial charge in [-0.25, -0.2) is 0 Å². The summed E-state index contributed by atoms with van der Waals surface area (Å²) in [4.78, 5) is 11.5. The molecule has 18 heavy (non-hydrogen) atoms. The summed E-state index contributed by atoms with van der Waals surface area (Å²) in [6, 6.07) is 0. The average Bonchev–Trinajstić information content (AvgIpc) is 2.30. The Balaban J connectivity index is 2.87. The maximum absolute atomic E-state index is 11.5. The number of carbonyl (C=O) groups excluding carboxylic acids is 1. The molecule has 3 N–H and O–H groups in total. The fourth-order valence-corrected chi connectivity index (χ4v) is 2.32. The van der Waals surface area contributed by atoms with E-state index in [0.717, 1.165) is 12.0 Å². The van der Waals surface area contributed by atoms with E-state index in [1.807, 2.05) is 6.08 Å². The zero-order valence-corrected chi connectivity index (χ0v) is 11.4. The number of hydrogen-bond donors (Lipinski definition) is 3. The minimum atomic E-state index is -1.26. The van der Waals surface area contributed by atoms with Crippen molar-refractivity contribution in [2.75, 3.05) is 6.61 Å². The van der Waals surface area contributed by atoms with E-state index in [1.54, 1.807) is 0 Å². The molecule has 104 valence electrons. The highest BCUT2D eigenvalue weighted by Gasteiger charge is 2.42. The summed E-state index contributed by atoms with van der Waals surface area (Å²) in [5.41, 5.74) is -0.346. The largest absolute Gasteiger partial charge is 0.394 e. The Bertz CT molecular complexity index is 346. The van der Waals surface area contributed by atoms with E-state index >= 15 is 0 Å². The van der Waals surface area contributed by atoms with Crippen LogP contribution in [0.25, 0.3) is 0 Å². The topological polar surface area (TPSA) is 77.8 Å². The number of aliphatic hydroxyl groups excluding tert-OH is 2. The van der Waals surface area contributed by atoms with Crippen LogP contribution in [0.3, 0.4) is 0 Å². The highest BCUT2D eigenvalue weighted by atomic mass is 16.3. The summed E-state index contributed by atoms with van der Waals surface area (Å²) in [7, 11) is 0. The summed E-state index contributed by atoms with van der Waals surface area (Å²) < 4.78 is 0. The Kier molecular flexibility index (Phi) is 4.70. The van der Waals surface area contributed by atoms with Crippen molar-refractivity contribution in [2.24, 2.45) is 5.41 Å². The molecule has 1 rings (SSSR count). The van der Waals surface area contributed by atoms with Gasteiger partial charge >= 0.3 is 0 Å². The number of carbonyl (C=O) groups is 1. The third-order valence-corrected chi connectivity index (χ3v) is 4.02. The summed E-state index contributed by atoms with van der Waals surface area (Å²) in [6.07, 6.45) is 2.98. The van der Waals surface area contributed by atoms with Crippen LogP contribution in [0.1, 0.15) is 46.5 Å². The van der Waals surface area contributed by atoms with Gasteiger partial charge in [-0.05, 0) is 31.6 Å². The molecule has 0 aromatic carbocycles. The summed E-state index contributed by atoms with van der Waals surface area (Å²) in [6.45, 7) is 5.29. The van der Waals surface area contributed by atoms with Crippen LogP contribution in [0.2, 0.25) is 0 Å². The normalized spacial score (nSPS) is 31.3. The van der Waals surface area contributed by atoms with Gasteiger partial charge in [0.15, 0.2) is 5.78 Å². The van der Waals surface area contributed by atoms with Crippen molar-refractivity contribution in [3.63, 3.8) is 0 Å². The molecule has 0 radical (unpaired) electrons. The number of aliphatic hydroxyl groups is 3. The van der Waals surface area contributed by atoms with Crippen LogP contribution in [-0.2, 0) is 4.79 Å². The van der Waals surface area contributed by atoms with E-state index in [2.05, 4.69) is 13.8 Å². The van der Waals surface area contributed by atoms with Gasteiger partial charge in [0.1, 0.15) is 5.60 Å². The van der Waals surface area contributed by atoms with Crippen molar-refractivity contribution in [3.05, 3.63) is 11.6 Å². The third-order valence-electron chi connectivity index (χ3n) is 4.02. The Morgan fingerprint density at radius 3 is 2.56 bits per heavy atom. The lowest BCUT2D eigenvalue weighted by atomic mass is 9.66. The second-order valence-electron chi connectivity index (χ2n) is 5.95. The molecule has 0 aromatic rings. The van der Waals surface area contributed by atoms with Crippen LogP contribution in [0.5, 0.6) is 0 Å². The fourth-order valence-electron chi connectivity index (χ4n) is 2.32. The lowest BCUT2D eigenvalue weighted by Crippen LogP contribution is -2.44. The van der Waals surface area contributed by atoms with Crippen LogP contribution >= 0.6 is 0 Å². The van der Waals surface area contributed by atoms with Gasteiger partial charge in [0.05, 0.1) is 12.7 Å². The van der Waals surface area contributed by atoms with Crippen molar-refractivity contribution >= 4 is 5.78 Å². The molecule has 0 aliphatic heterocycles. The molecule has 4 heteroatoms. The minimum Gasteiger partial charge on any atom is -0.394 e. The first-order valence-electron chi connectivity index (χ1n) is 6.43.